The standard InChI is InChI=1S/C21H32N5O7S/c1-17-15-18(3-4-19(17)22-23-21-24(2)16-20(34-21)26(29)30)25(5-9-31-11-7-27)6-10-32-13-14-33-12-8-28/h3-4,15-16,27-28H,5-14H2,1-2H3/q+1. The summed E-state index contributed by atoms with van der Waals surface area (Å²) >= 11 is 0.959. The molecule has 0 unspecified atom stereocenters. The van der Waals surface area contributed by atoms with E-state index in [9.17, 15) is 10.1 Å². The Hall–Kier alpha value is -2.55. The zero-order chi connectivity index (χ0) is 24.8. The molecule has 0 aliphatic carbocycles. The van der Waals surface area contributed by atoms with Crippen LogP contribution in [0.2, 0.25) is 0 Å². The third kappa shape index (κ3) is 9.37. The van der Waals surface area contributed by atoms with Crippen molar-refractivity contribution >= 4 is 32.8 Å². The summed E-state index contributed by atoms with van der Waals surface area (Å²) in [5.74, 6) is 0. The van der Waals surface area contributed by atoms with E-state index in [1.54, 1.807) is 11.6 Å². The third-order valence-electron chi connectivity index (χ3n) is 4.62. The molecule has 2 rings (SSSR count). The lowest BCUT2D eigenvalue weighted by molar-refractivity contribution is -0.656. The molecule has 1 aromatic heterocycles. The highest BCUT2D eigenvalue weighted by Gasteiger charge is 2.21. The average molecular weight is 499 g/mol. The van der Waals surface area contributed by atoms with Crippen LogP contribution in [0.4, 0.5) is 21.5 Å². The first kappa shape index (κ1) is 27.7. The summed E-state index contributed by atoms with van der Waals surface area (Å²) in [6.07, 6.45) is 1.41. The maximum absolute atomic E-state index is 10.9. The van der Waals surface area contributed by atoms with Crippen molar-refractivity contribution in [1.29, 1.82) is 0 Å². The fourth-order valence-corrected chi connectivity index (χ4v) is 3.66. The van der Waals surface area contributed by atoms with Crippen LogP contribution in [0.1, 0.15) is 5.56 Å². The van der Waals surface area contributed by atoms with Crippen LogP contribution in [0.3, 0.4) is 0 Å². The Labute approximate surface area is 202 Å². The molecular formula is C21H32N5O7S+. The van der Waals surface area contributed by atoms with E-state index in [1.807, 2.05) is 25.1 Å². The number of aromatic nitrogens is 1. The highest BCUT2D eigenvalue weighted by Crippen LogP contribution is 2.29. The lowest BCUT2D eigenvalue weighted by Crippen LogP contribution is -2.31. The molecule has 0 aliphatic heterocycles. The molecule has 0 radical (unpaired) electrons. The van der Waals surface area contributed by atoms with E-state index < -0.39 is 4.92 Å². The highest BCUT2D eigenvalue weighted by molar-refractivity contribution is 7.17. The molecule has 34 heavy (non-hydrogen) atoms. The van der Waals surface area contributed by atoms with Crippen LogP contribution < -0.4 is 9.47 Å². The molecular weight excluding hydrogens is 466 g/mol. The van der Waals surface area contributed by atoms with Gasteiger partial charge in [-0.2, -0.15) is 0 Å². The second-order valence-electron chi connectivity index (χ2n) is 7.16. The number of aliphatic hydroxyl groups excluding tert-OH is 2. The van der Waals surface area contributed by atoms with Gasteiger partial charge in [-0.1, -0.05) is 0 Å². The summed E-state index contributed by atoms with van der Waals surface area (Å²) in [7, 11) is 1.69. The molecule has 0 saturated carbocycles. The number of anilines is 1. The van der Waals surface area contributed by atoms with Crippen LogP contribution in [-0.2, 0) is 21.3 Å². The summed E-state index contributed by atoms with van der Waals surface area (Å²) in [6.45, 7) is 5.48. The van der Waals surface area contributed by atoms with Crippen molar-refractivity contribution in [3.8, 4) is 0 Å². The number of benzene rings is 1. The topological polar surface area (TPSA) is 143 Å². The number of nitro groups is 1. The number of aliphatic hydroxyl groups is 2. The first-order chi connectivity index (χ1) is 16.5. The normalized spacial score (nSPS) is 11.4. The van der Waals surface area contributed by atoms with E-state index in [1.165, 1.54) is 6.20 Å². The summed E-state index contributed by atoms with van der Waals surface area (Å²) in [5, 5.41) is 37.5. The lowest BCUT2D eigenvalue weighted by atomic mass is 10.1. The number of thiazole rings is 1. The predicted octanol–water partition coefficient (Wildman–Crippen LogP) is 2.05. The van der Waals surface area contributed by atoms with E-state index >= 15 is 0 Å². The number of azo groups is 1. The number of rotatable bonds is 17. The van der Waals surface area contributed by atoms with Crippen LogP contribution in [0.15, 0.2) is 34.6 Å². The van der Waals surface area contributed by atoms with Gasteiger partial charge in [0.2, 0.25) is 0 Å². The molecule has 0 spiro atoms. The first-order valence-corrected chi connectivity index (χ1v) is 11.6. The fourth-order valence-electron chi connectivity index (χ4n) is 2.91. The van der Waals surface area contributed by atoms with Gasteiger partial charge in [-0.15, -0.1) is 0 Å². The molecule has 0 bridgehead atoms. The summed E-state index contributed by atoms with van der Waals surface area (Å²) in [4.78, 5) is 12.6. The van der Waals surface area contributed by atoms with Crippen LogP contribution in [0.5, 0.6) is 0 Å². The SMILES string of the molecule is Cc1cc(N(CCOCCO)CCOCCOCCO)ccc1/N=N/c1sc([N+](=O)[O-])c[n+]1C. The van der Waals surface area contributed by atoms with Gasteiger partial charge in [-0.05, 0) is 35.8 Å². The maximum Gasteiger partial charge on any atom is 0.414 e. The number of nitrogens with zero attached hydrogens (tertiary/aromatic N) is 5. The molecule has 2 aromatic rings. The molecule has 1 heterocycles. The summed E-state index contributed by atoms with van der Waals surface area (Å²) in [6, 6.07) is 5.76. The van der Waals surface area contributed by atoms with Crippen molar-refractivity contribution in [1.82, 2.24) is 0 Å². The van der Waals surface area contributed by atoms with Crippen molar-refractivity contribution in [2.75, 3.05) is 70.8 Å². The third-order valence-corrected chi connectivity index (χ3v) is 5.64. The second kappa shape index (κ2) is 15.4. The van der Waals surface area contributed by atoms with E-state index in [0.717, 1.165) is 22.6 Å². The van der Waals surface area contributed by atoms with Crippen molar-refractivity contribution in [3.63, 3.8) is 0 Å². The van der Waals surface area contributed by atoms with Crippen LogP contribution in [0.25, 0.3) is 0 Å². The molecule has 0 fully saturated rings. The van der Waals surface area contributed by atoms with Crippen molar-refractivity contribution < 1.29 is 33.9 Å². The summed E-state index contributed by atoms with van der Waals surface area (Å²) < 4.78 is 17.8. The quantitative estimate of drug-likeness (QED) is 0.111. The van der Waals surface area contributed by atoms with Gasteiger partial charge in [0.05, 0.1) is 69.9 Å². The predicted molar refractivity (Wildman–Crippen MR) is 126 cm³/mol. The minimum atomic E-state index is -0.450. The van der Waals surface area contributed by atoms with Gasteiger partial charge in [0.25, 0.3) is 0 Å². The summed E-state index contributed by atoms with van der Waals surface area (Å²) in [5.41, 5.74) is 2.52. The Balaban J connectivity index is 2.02. The number of ether oxygens (including phenoxy) is 3. The van der Waals surface area contributed by atoms with Crippen molar-refractivity contribution in [2.24, 2.45) is 17.3 Å². The Morgan fingerprint density at radius 2 is 1.65 bits per heavy atom. The molecule has 0 amide bonds. The number of hydrogen-bond acceptors (Lipinski definition) is 11. The first-order valence-electron chi connectivity index (χ1n) is 10.8. The Morgan fingerprint density at radius 1 is 1.03 bits per heavy atom. The van der Waals surface area contributed by atoms with Crippen LogP contribution in [0, 0.1) is 17.0 Å². The zero-order valence-corrected chi connectivity index (χ0v) is 20.3. The van der Waals surface area contributed by atoms with Gasteiger partial charge in [0, 0.05) is 30.1 Å². The molecule has 12 nitrogen and oxygen atoms in total. The molecule has 2 N–H and O–H groups in total. The van der Waals surface area contributed by atoms with Gasteiger partial charge in [0.15, 0.2) is 6.20 Å². The number of aryl methyl sites for hydroxylation is 2. The number of hydrogen-bond donors (Lipinski definition) is 2. The van der Waals surface area contributed by atoms with Crippen LogP contribution in [-0.4, -0.2) is 81.1 Å². The Bertz CT molecular complexity index is 925. The van der Waals surface area contributed by atoms with Gasteiger partial charge < -0.3 is 29.3 Å². The van der Waals surface area contributed by atoms with Crippen LogP contribution >= 0.6 is 11.3 Å². The largest absolute Gasteiger partial charge is 0.414 e. The van der Waals surface area contributed by atoms with Gasteiger partial charge in [-0.3, -0.25) is 10.1 Å². The average Bonchev–Trinajstić information content (AvgIpc) is 3.20. The molecule has 13 heteroatoms. The van der Waals surface area contributed by atoms with Crippen molar-refractivity contribution in [3.05, 3.63) is 40.1 Å². The molecule has 188 valence electrons. The van der Waals surface area contributed by atoms with Gasteiger partial charge >= 0.3 is 10.1 Å². The Morgan fingerprint density at radius 3 is 2.21 bits per heavy atom. The van der Waals surface area contributed by atoms with Gasteiger partial charge in [-0.25, -0.2) is 4.57 Å². The molecule has 0 aliphatic rings. The van der Waals surface area contributed by atoms with Gasteiger partial charge in [0.1, 0.15) is 5.69 Å². The molecule has 1 aromatic carbocycles. The highest BCUT2D eigenvalue weighted by atomic mass is 32.1. The van der Waals surface area contributed by atoms with E-state index in [-0.39, 0.29) is 24.8 Å². The minimum absolute atomic E-state index is 0.00440. The fraction of sp³-hybridized carbons (Fsp3) is 0.571. The minimum Gasteiger partial charge on any atom is -0.394 e. The van der Waals surface area contributed by atoms with E-state index in [2.05, 4.69) is 15.1 Å². The maximum atomic E-state index is 10.9. The molecule has 0 saturated heterocycles. The van der Waals surface area contributed by atoms with Crippen molar-refractivity contribution in [2.45, 2.75) is 6.92 Å². The van der Waals surface area contributed by atoms with E-state index in [4.69, 9.17) is 24.4 Å². The van der Waals surface area contributed by atoms with E-state index in [0.29, 0.717) is 56.9 Å². The monoisotopic (exact) mass is 498 g/mol. The lowest BCUT2D eigenvalue weighted by Gasteiger charge is -2.25. The Kier molecular flexibility index (Phi) is 12.5. The second-order valence-corrected chi connectivity index (χ2v) is 8.15. The zero-order valence-electron chi connectivity index (χ0n) is 19.5. The molecule has 0 atom stereocenters. The smallest absolute Gasteiger partial charge is 0.394 e.